The molecule has 0 saturated heterocycles. The molecule has 2 nitrogen and oxygen atoms in total. The number of nitrogens with two attached hydrogens (primary N) is 1. The Balaban J connectivity index is 2.55. The summed E-state index contributed by atoms with van der Waals surface area (Å²) >= 11 is 7.72. The summed E-state index contributed by atoms with van der Waals surface area (Å²) < 4.78 is 1.18. The van der Waals surface area contributed by atoms with Crippen LogP contribution in [0.1, 0.15) is 31.7 Å². The van der Waals surface area contributed by atoms with Gasteiger partial charge in [0, 0.05) is 17.0 Å². The molecule has 0 radical (unpaired) electrons. The fourth-order valence-electron chi connectivity index (χ4n) is 2.06. The normalized spacial score (nSPS) is 12.2. The minimum Gasteiger partial charge on any atom is -0.329 e. The first-order valence-corrected chi connectivity index (χ1v) is 7.11. The van der Waals surface area contributed by atoms with Crippen LogP contribution >= 0.6 is 22.9 Å². The van der Waals surface area contributed by atoms with Gasteiger partial charge in [0.25, 0.3) is 0 Å². The Morgan fingerprint density at radius 2 is 2.06 bits per heavy atom. The third-order valence-electron chi connectivity index (χ3n) is 3.55. The second kappa shape index (κ2) is 4.92. The van der Waals surface area contributed by atoms with Crippen molar-refractivity contribution in [1.82, 2.24) is 4.98 Å². The van der Waals surface area contributed by atoms with Crippen LogP contribution in [-0.2, 0) is 5.41 Å². The minimum atomic E-state index is 0.0240. The van der Waals surface area contributed by atoms with Crippen molar-refractivity contribution in [2.45, 2.75) is 32.1 Å². The van der Waals surface area contributed by atoms with Crippen LogP contribution in [0.25, 0.3) is 10.2 Å². The molecule has 0 atom stereocenters. The first-order valence-electron chi connectivity index (χ1n) is 5.92. The molecule has 1 aromatic heterocycles. The fourth-order valence-corrected chi connectivity index (χ4v) is 3.51. The molecule has 0 aliphatic rings. The van der Waals surface area contributed by atoms with Crippen LogP contribution in [0.15, 0.2) is 18.2 Å². The van der Waals surface area contributed by atoms with E-state index in [1.54, 1.807) is 11.3 Å². The predicted octanol–water partition coefficient (Wildman–Crippen LogP) is 3.97. The summed E-state index contributed by atoms with van der Waals surface area (Å²) in [6, 6.07) is 5.86. The van der Waals surface area contributed by atoms with E-state index < -0.39 is 0 Å². The molecule has 17 heavy (non-hydrogen) atoms. The summed E-state index contributed by atoms with van der Waals surface area (Å²) in [5.74, 6) is 0. The van der Waals surface area contributed by atoms with E-state index >= 15 is 0 Å². The van der Waals surface area contributed by atoms with Crippen LogP contribution < -0.4 is 5.73 Å². The summed E-state index contributed by atoms with van der Waals surface area (Å²) in [4.78, 5) is 4.71. The second-order valence-electron chi connectivity index (χ2n) is 4.32. The number of thiazole rings is 1. The average molecular weight is 269 g/mol. The summed E-state index contributed by atoms with van der Waals surface area (Å²) in [6.07, 6.45) is 2.04. The van der Waals surface area contributed by atoms with Gasteiger partial charge >= 0.3 is 0 Å². The van der Waals surface area contributed by atoms with Gasteiger partial charge in [-0.05, 0) is 31.0 Å². The van der Waals surface area contributed by atoms with Gasteiger partial charge in [0.2, 0.25) is 0 Å². The lowest BCUT2D eigenvalue weighted by Gasteiger charge is -2.27. The molecule has 1 aromatic carbocycles. The quantitative estimate of drug-likeness (QED) is 0.911. The van der Waals surface area contributed by atoms with E-state index in [1.807, 2.05) is 18.2 Å². The lowest BCUT2D eigenvalue weighted by atomic mass is 9.83. The molecule has 4 heteroatoms. The molecule has 0 fully saturated rings. The molecule has 0 aliphatic heterocycles. The number of fused-ring (bicyclic) bond motifs is 1. The Hall–Kier alpha value is -0.640. The van der Waals surface area contributed by atoms with Gasteiger partial charge in [-0.2, -0.15) is 0 Å². The molecule has 0 bridgehead atoms. The van der Waals surface area contributed by atoms with Crippen LogP contribution in [-0.4, -0.2) is 11.5 Å². The fraction of sp³-hybridized carbons (Fsp3) is 0.462. The van der Waals surface area contributed by atoms with Crippen molar-refractivity contribution < 1.29 is 0 Å². The average Bonchev–Trinajstić information content (AvgIpc) is 2.75. The van der Waals surface area contributed by atoms with E-state index in [0.717, 1.165) is 28.4 Å². The van der Waals surface area contributed by atoms with Crippen molar-refractivity contribution in [1.29, 1.82) is 0 Å². The van der Waals surface area contributed by atoms with E-state index in [1.165, 1.54) is 4.70 Å². The van der Waals surface area contributed by atoms with Gasteiger partial charge in [-0.15, -0.1) is 11.3 Å². The van der Waals surface area contributed by atoms with E-state index in [2.05, 4.69) is 13.8 Å². The van der Waals surface area contributed by atoms with E-state index in [-0.39, 0.29) is 5.41 Å². The SMILES string of the molecule is CCC(CC)(CN)c1nc2cc(Cl)ccc2s1. The van der Waals surface area contributed by atoms with Gasteiger partial charge in [0.05, 0.1) is 10.2 Å². The molecule has 0 aliphatic carbocycles. The molecule has 0 amide bonds. The lowest BCUT2D eigenvalue weighted by Crippen LogP contribution is -2.33. The van der Waals surface area contributed by atoms with Gasteiger partial charge in [-0.1, -0.05) is 25.4 Å². The summed E-state index contributed by atoms with van der Waals surface area (Å²) in [5.41, 5.74) is 6.96. The number of nitrogens with zero attached hydrogens (tertiary/aromatic N) is 1. The van der Waals surface area contributed by atoms with Gasteiger partial charge < -0.3 is 5.73 Å². The molecule has 2 aromatic rings. The first kappa shape index (κ1) is 12.8. The molecule has 1 heterocycles. The van der Waals surface area contributed by atoms with Gasteiger partial charge in [0.1, 0.15) is 5.01 Å². The number of rotatable bonds is 4. The maximum absolute atomic E-state index is 5.98. The van der Waals surface area contributed by atoms with Crippen LogP contribution in [0.4, 0.5) is 0 Å². The Labute approximate surface area is 111 Å². The molecule has 2 rings (SSSR count). The summed E-state index contributed by atoms with van der Waals surface area (Å²) in [7, 11) is 0. The first-order chi connectivity index (χ1) is 8.15. The predicted molar refractivity (Wildman–Crippen MR) is 75.9 cm³/mol. The van der Waals surface area contributed by atoms with Crippen molar-refractivity contribution in [3.63, 3.8) is 0 Å². The largest absolute Gasteiger partial charge is 0.329 e. The lowest BCUT2D eigenvalue weighted by molar-refractivity contribution is 0.405. The van der Waals surface area contributed by atoms with E-state index in [4.69, 9.17) is 22.3 Å². The number of hydrogen-bond acceptors (Lipinski definition) is 3. The van der Waals surface area contributed by atoms with Crippen LogP contribution in [0.3, 0.4) is 0 Å². The highest BCUT2D eigenvalue weighted by Crippen LogP contribution is 2.36. The molecule has 0 saturated carbocycles. The van der Waals surface area contributed by atoms with Crippen molar-refractivity contribution >= 4 is 33.2 Å². The molecule has 2 N–H and O–H groups in total. The van der Waals surface area contributed by atoms with Gasteiger partial charge in [-0.3, -0.25) is 0 Å². The Morgan fingerprint density at radius 3 is 2.65 bits per heavy atom. The molecule has 92 valence electrons. The Bertz CT molecular complexity index is 509. The zero-order valence-electron chi connectivity index (χ0n) is 10.2. The topological polar surface area (TPSA) is 38.9 Å². The van der Waals surface area contributed by atoms with Crippen LogP contribution in [0.2, 0.25) is 5.02 Å². The maximum Gasteiger partial charge on any atom is 0.101 e. The highest BCUT2D eigenvalue weighted by molar-refractivity contribution is 7.18. The Kier molecular flexibility index (Phi) is 3.71. The molecule has 0 spiro atoms. The monoisotopic (exact) mass is 268 g/mol. The van der Waals surface area contributed by atoms with E-state index in [9.17, 15) is 0 Å². The maximum atomic E-state index is 5.98. The van der Waals surface area contributed by atoms with Crippen molar-refractivity contribution in [2.75, 3.05) is 6.54 Å². The van der Waals surface area contributed by atoms with Crippen molar-refractivity contribution in [2.24, 2.45) is 5.73 Å². The standard InChI is InChI=1S/C13H17ClN2S/c1-3-13(4-2,8-15)12-16-10-7-9(14)5-6-11(10)17-12/h5-7H,3-4,8,15H2,1-2H3. The van der Waals surface area contributed by atoms with Gasteiger partial charge in [-0.25, -0.2) is 4.98 Å². The zero-order chi connectivity index (χ0) is 12.5. The van der Waals surface area contributed by atoms with Crippen molar-refractivity contribution in [3.8, 4) is 0 Å². The number of hydrogen-bond donors (Lipinski definition) is 1. The number of halogens is 1. The smallest absolute Gasteiger partial charge is 0.101 e. The third-order valence-corrected chi connectivity index (χ3v) is 5.07. The molecule has 0 unspecified atom stereocenters. The van der Waals surface area contributed by atoms with Crippen LogP contribution in [0, 0.1) is 0 Å². The minimum absolute atomic E-state index is 0.0240. The molecular weight excluding hydrogens is 252 g/mol. The highest BCUT2D eigenvalue weighted by Gasteiger charge is 2.30. The number of aromatic nitrogens is 1. The Morgan fingerprint density at radius 1 is 1.35 bits per heavy atom. The third kappa shape index (κ3) is 2.19. The van der Waals surface area contributed by atoms with E-state index in [0.29, 0.717) is 6.54 Å². The second-order valence-corrected chi connectivity index (χ2v) is 5.79. The summed E-state index contributed by atoms with van der Waals surface area (Å²) in [5, 5.41) is 1.88. The van der Waals surface area contributed by atoms with Crippen LogP contribution in [0.5, 0.6) is 0 Å². The summed E-state index contributed by atoms with van der Waals surface area (Å²) in [6.45, 7) is 5.00. The van der Waals surface area contributed by atoms with Gasteiger partial charge in [0.15, 0.2) is 0 Å². The number of benzene rings is 1. The molecular formula is C13H17ClN2S. The highest BCUT2D eigenvalue weighted by atomic mass is 35.5. The zero-order valence-corrected chi connectivity index (χ0v) is 11.7. The van der Waals surface area contributed by atoms with Crippen molar-refractivity contribution in [3.05, 3.63) is 28.2 Å².